The molecule has 0 saturated carbocycles. The van der Waals surface area contributed by atoms with E-state index in [9.17, 15) is 5.11 Å². The molecule has 3 heteroatoms. The monoisotopic (exact) mass is 317 g/mol. The second-order valence-electron chi connectivity index (χ2n) is 8.05. The standard InChI is InChI=1S/C20H31NO2/c1-14(2)10-15-6-7-18-16(11-15)12-19(20(3,4)5)21(18)13-17(23)8-9-22/h6-7,11-12,14,17,22-23H,8-10,13H2,1-5H3. The molecule has 1 aromatic heterocycles. The van der Waals surface area contributed by atoms with Crippen molar-refractivity contribution in [1.82, 2.24) is 4.57 Å². The summed E-state index contributed by atoms with van der Waals surface area (Å²) in [6, 6.07) is 8.90. The first kappa shape index (κ1) is 18.0. The molecule has 1 atom stereocenters. The Morgan fingerprint density at radius 2 is 1.83 bits per heavy atom. The summed E-state index contributed by atoms with van der Waals surface area (Å²) in [7, 11) is 0. The van der Waals surface area contributed by atoms with Gasteiger partial charge >= 0.3 is 0 Å². The molecule has 1 heterocycles. The number of hydrogen-bond donors (Lipinski definition) is 2. The largest absolute Gasteiger partial charge is 0.396 e. The van der Waals surface area contributed by atoms with Crippen molar-refractivity contribution in [3.05, 3.63) is 35.5 Å². The quantitative estimate of drug-likeness (QED) is 0.849. The predicted molar refractivity (Wildman–Crippen MR) is 96.9 cm³/mol. The highest BCUT2D eigenvalue weighted by atomic mass is 16.3. The Bertz CT molecular complexity index is 649. The Morgan fingerprint density at radius 1 is 1.13 bits per heavy atom. The van der Waals surface area contributed by atoms with E-state index in [0.29, 0.717) is 18.9 Å². The third-order valence-corrected chi connectivity index (χ3v) is 4.23. The number of nitrogens with zero attached hydrogens (tertiary/aromatic N) is 1. The minimum absolute atomic E-state index is 0.0101. The molecule has 0 bridgehead atoms. The average Bonchev–Trinajstić information content (AvgIpc) is 2.76. The topological polar surface area (TPSA) is 45.4 Å². The van der Waals surface area contributed by atoms with Gasteiger partial charge in [0.25, 0.3) is 0 Å². The van der Waals surface area contributed by atoms with Crippen molar-refractivity contribution in [2.45, 2.75) is 65.5 Å². The number of fused-ring (bicyclic) bond motifs is 1. The molecular formula is C20H31NO2. The number of hydrogen-bond acceptors (Lipinski definition) is 2. The first-order chi connectivity index (χ1) is 10.7. The Kier molecular flexibility index (Phi) is 5.53. The van der Waals surface area contributed by atoms with Crippen molar-refractivity contribution >= 4 is 10.9 Å². The third kappa shape index (κ3) is 4.36. The van der Waals surface area contributed by atoms with E-state index < -0.39 is 6.10 Å². The zero-order chi connectivity index (χ0) is 17.2. The fourth-order valence-electron chi connectivity index (χ4n) is 3.19. The lowest BCUT2D eigenvalue weighted by atomic mass is 9.92. The molecule has 0 aliphatic heterocycles. The van der Waals surface area contributed by atoms with Crippen molar-refractivity contribution < 1.29 is 10.2 Å². The van der Waals surface area contributed by atoms with E-state index in [1.165, 1.54) is 22.2 Å². The van der Waals surface area contributed by atoms with Crippen LogP contribution in [0.1, 0.15) is 52.3 Å². The second-order valence-corrected chi connectivity index (χ2v) is 8.05. The summed E-state index contributed by atoms with van der Waals surface area (Å²) in [5, 5.41) is 20.5. The molecule has 2 aromatic rings. The van der Waals surface area contributed by atoms with Gasteiger partial charge in [-0.15, -0.1) is 0 Å². The summed E-state index contributed by atoms with van der Waals surface area (Å²) >= 11 is 0. The molecule has 0 amide bonds. The van der Waals surface area contributed by atoms with Crippen LogP contribution in [0.25, 0.3) is 10.9 Å². The van der Waals surface area contributed by atoms with Gasteiger partial charge in [0, 0.05) is 35.2 Å². The van der Waals surface area contributed by atoms with Crippen LogP contribution in [0.15, 0.2) is 24.3 Å². The minimum Gasteiger partial charge on any atom is -0.396 e. The fourth-order valence-corrected chi connectivity index (χ4v) is 3.19. The smallest absolute Gasteiger partial charge is 0.0741 e. The molecule has 2 N–H and O–H groups in total. The highest BCUT2D eigenvalue weighted by Crippen LogP contribution is 2.31. The Balaban J connectivity index is 2.48. The van der Waals surface area contributed by atoms with Crippen LogP contribution in [0.4, 0.5) is 0 Å². The molecule has 0 spiro atoms. The van der Waals surface area contributed by atoms with Crippen LogP contribution in [-0.4, -0.2) is 27.5 Å². The number of aliphatic hydroxyl groups is 2. The van der Waals surface area contributed by atoms with E-state index in [1.807, 2.05) is 0 Å². The van der Waals surface area contributed by atoms with Crippen LogP contribution >= 0.6 is 0 Å². The van der Waals surface area contributed by atoms with Crippen molar-refractivity contribution in [3.8, 4) is 0 Å². The minimum atomic E-state index is -0.521. The van der Waals surface area contributed by atoms with Crippen LogP contribution in [0.2, 0.25) is 0 Å². The van der Waals surface area contributed by atoms with Gasteiger partial charge in [-0.25, -0.2) is 0 Å². The maximum absolute atomic E-state index is 10.2. The van der Waals surface area contributed by atoms with Gasteiger partial charge in [-0.05, 0) is 42.5 Å². The molecule has 1 unspecified atom stereocenters. The van der Waals surface area contributed by atoms with Crippen LogP contribution in [0.3, 0.4) is 0 Å². The highest BCUT2D eigenvalue weighted by molar-refractivity contribution is 5.82. The van der Waals surface area contributed by atoms with Gasteiger partial charge < -0.3 is 14.8 Å². The van der Waals surface area contributed by atoms with Gasteiger partial charge in [0.05, 0.1) is 6.10 Å². The lowest BCUT2D eigenvalue weighted by Gasteiger charge is -2.23. The van der Waals surface area contributed by atoms with E-state index in [-0.39, 0.29) is 12.0 Å². The molecule has 0 fully saturated rings. The van der Waals surface area contributed by atoms with Crippen molar-refractivity contribution in [3.63, 3.8) is 0 Å². The van der Waals surface area contributed by atoms with Gasteiger partial charge in [0.2, 0.25) is 0 Å². The number of benzene rings is 1. The molecule has 0 radical (unpaired) electrons. The van der Waals surface area contributed by atoms with Crippen LogP contribution in [0.5, 0.6) is 0 Å². The van der Waals surface area contributed by atoms with E-state index in [0.717, 1.165) is 6.42 Å². The SMILES string of the molecule is CC(C)Cc1ccc2c(c1)cc(C(C)(C)C)n2CC(O)CCO. The second kappa shape index (κ2) is 7.06. The molecule has 0 aliphatic rings. The maximum atomic E-state index is 10.2. The van der Waals surface area contributed by atoms with E-state index in [2.05, 4.69) is 63.5 Å². The summed E-state index contributed by atoms with van der Waals surface area (Å²) in [6.07, 6.45) is 0.973. The first-order valence-corrected chi connectivity index (χ1v) is 8.64. The molecule has 3 nitrogen and oxygen atoms in total. The molecule has 23 heavy (non-hydrogen) atoms. The van der Waals surface area contributed by atoms with Gasteiger partial charge in [-0.2, -0.15) is 0 Å². The predicted octanol–water partition coefficient (Wildman–Crippen LogP) is 3.88. The highest BCUT2D eigenvalue weighted by Gasteiger charge is 2.22. The van der Waals surface area contributed by atoms with Gasteiger partial charge in [-0.1, -0.05) is 40.7 Å². The third-order valence-electron chi connectivity index (χ3n) is 4.23. The lowest BCUT2D eigenvalue weighted by molar-refractivity contribution is 0.117. The van der Waals surface area contributed by atoms with E-state index in [4.69, 9.17) is 5.11 Å². The average molecular weight is 317 g/mol. The zero-order valence-corrected chi connectivity index (χ0v) is 15.1. The summed E-state index contributed by atoms with van der Waals surface area (Å²) in [4.78, 5) is 0. The Labute approximate surface area is 139 Å². The Hall–Kier alpha value is -1.32. The molecule has 2 rings (SSSR count). The molecule has 128 valence electrons. The summed E-state index contributed by atoms with van der Waals surface area (Å²) < 4.78 is 2.22. The van der Waals surface area contributed by atoms with Crippen molar-refractivity contribution in [1.29, 1.82) is 0 Å². The first-order valence-electron chi connectivity index (χ1n) is 8.64. The van der Waals surface area contributed by atoms with Crippen molar-refractivity contribution in [2.75, 3.05) is 6.61 Å². The molecular weight excluding hydrogens is 286 g/mol. The van der Waals surface area contributed by atoms with E-state index in [1.54, 1.807) is 0 Å². The fraction of sp³-hybridized carbons (Fsp3) is 0.600. The normalized spacial score (nSPS) is 13.9. The van der Waals surface area contributed by atoms with Crippen LogP contribution < -0.4 is 0 Å². The van der Waals surface area contributed by atoms with Gasteiger partial charge in [0.15, 0.2) is 0 Å². The van der Waals surface area contributed by atoms with Crippen LogP contribution in [0, 0.1) is 5.92 Å². The summed E-state index contributed by atoms with van der Waals surface area (Å²) in [6.45, 7) is 11.6. The number of rotatable bonds is 6. The lowest BCUT2D eigenvalue weighted by Crippen LogP contribution is -2.23. The van der Waals surface area contributed by atoms with Crippen molar-refractivity contribution in [2.24, 2.45) is 5.92 Å². The number of aliphatic hydroxyl groups excluding tert-OH is 2. The zero-order valence-electron chi connectivity index (χ0n) is 15.1. The van der Waals surface area contributed by atoms with Crippen LogP contribution in [-0.2, 0) is 18.4 Å². The molecule has 0 saturated heterocycles. The maximum Gasteiger partial charge on any atom is 0.0741 e. The molecule has 0 aliphatic carbocycles. The van der Waals surface area contributed by atoms with Gasteiger partial charge in [0.1, 0.15) is 0 Å². The van der Waals surface area contributed by atoms with E-state index >= 15 is 0 Å². The molecule has 1 aromatic carbocycles. The van der Waals surface area contributed by atoms with Gasteiger partial charge in [-0.3, -0.25) is 0 Å². The Morgan fingerprint density at radius 3 is 2.39 bits per heavy atom. The summed E-state index contributed by atoms with van der Waals surface area (Å²) in [5.74, 6) is 0.642. The summed E-state index contributed by atoms with van der Waals surface area (Å²) in [5.41, 5.74) is 3.77. The number of aromatic nitrogens is 1.